The minimum absolute atomic E-state index is 0.102. The van der Waals surface area contributed by atoms with Gasteiger partial charge in [0.05, 0.1) is 18.9 Å². The second-order valence-corrected chi connectivity index (χ2v) is 3.87. The summed E-state index contributed by atoms with van der Waals surface area (Å²) in [6, 6.07) is -0.341. The highest BCUT2D eigenvalue weighted by Gasteiger charge is 2.22. The topological polar surface area (TPSA) is 106 Å². The molecule has 0 aromatic carbocycles. The number of esters is 1. The van der Waals surface area contributed by atoms with Gasteiger partial charge in [-0.2, -0.15) is 0 Å². The van der Waals surface area contributed by atoms with Crippen LogP contribution in [0.15, 0.2) is 18.5 Å². The van der Waals surface area contributed by atoms with E-state index in [4.69, 9.17) is 5.11 Å². The zero-order chi connectivity index (χ0) is 15.1. The Morgan fingerprint density at radius 2 is 2.15 bits per heavy atom. The number of methoxy groups -OCH3 is 1. The lowest BCUT2D eigenvalue weighted by molar-refractivity contribution is -0.142. The van der Waals surface area contributed by atoms with E-state index < -0.39 is 29.7 Å². The van der Waals surface area contributed by atoms with E-state index in [2.05, 4.69) is 15.0 Å². The molecule has 1 aromatic heterocycles. The molecule has 1 amide bonds. The maximum absolute atomic E-state index is 12.9. The summed E-state index contributed by atoms with van der Waals surface area (Å²) in [7, 11) is 1.18. The smallest absolute Gasteiger partial charge is 0.326 e. The van der Waals surface area contributed by atoms with Crippen LogP contribution in [0, 0.1) is 5.82 Å². The summed E-state index contributed by atoms with van der Waals surface area (Å²) in [5.74, 6) is -3.38. The summed E-state index contributed by atoms with van der Waals surface area (Å²) in [6.45, 7) is 0. The van der Waals surface area contributed by atoms with Gasteiger partial charge in [-0.05, 0) is 12.5 Å². The molecule has 0 bridgehead atoms. The van der Waals surface area contributed by atoms with Crippen LogP contribution in [0.5, 0.6) is 0 Å². The van der Waals surface area contributed by atoms with Crippen LogP contribution in [-0.2, 0) is 14.3 Å². The molecular weight excluding hydrogens is 271 g/mol. The van der Waals surface area contributed by atoms with Crippen LogP contribution < -0.4 is 5.32 Å². The summed E-state index contributed by atoms with van der Waals surface area (Å²) < 4.78 is 17.3. The molecule has 108 valence electrons. The molecule has 2 N–H and O–H groups in total. The van der Waals surface area contributed by atoms with Gasteiger partial charge in [0.15, 0.2) is 0 Å². The van der Waals surface area contributed by atoms with Crippen molar-refractivity contribution < 1.29 is 28.6 Å². The van der Waals surface area contributed by atoms with Crippen molar-refractivity contribution in [1.29, 1.82) is 0 Å². The van der Waals surface area contributed by atoms with E-state index in [9.17, 15) is 18.8 Å². The van der Waals surface area contributed by atoms with Gasteiger partial charge in [-0.15, -0.1) is 0 Å². The van der Waals surface area contributed by atoms with Crippen molar-refractivity contribution in [3.63, 3.8) is 0 Å². The molecule has 0 aliphatic carbocycles. The van der Waals surface area contributed by atoms with Crippen molar-refractivity contribution in [3.8, 4) is 0 Å². The van der Waals surface area contributed by atoms with E-state index in [0.717, 1.165) is 18.5 Å². The Hall–Kier alpha value is -2.51. The molecule has 0 unspecified atom stereocenters. The number of hydrogen-bond acceptors (Lipinski definition) is 5. The van der Waals surface area contributed by atoms with E-state index in [1.807, 2.05) is 0 Å². The van der Waals surface area contributed by atoms with Gasteiger partial charge >= 0.3 is 11.9 Å². The van der Waals surface area contributed by atoms with Crippen molar-refractivity contribution in [3.05, 3.63) is 29.8 Å². The van der Waals surface area contributed by atoms with Crippen molar-refractivity contribution in [2.45, 2.75) is 18.9 Å². The second kappa shape index (κ2) is 7.17. The van der Waals surface area contributed by atoms with Gasteiger partial charge < -0.3 is 15.2 Å². The Kier molecular flexibility index (Phi) is 5.57. The quantitative estimate of drug-likeness (QED) is 0.730. The van der Waals surface area contributed by atoms with E-state index in [0.29, 0.717) is 0 Å². The zero-order valence-electron chi connectivity index (χ0n) is 10.6. The number of carboxylic acids is 1. The molecule has 0 aliphatic rings. The Morgan fingerprint density at radius 3 is 2.70 bits per heavy atom. The van der Waals surface area contributed by atoms with Gasteiger partial charge in [0.2, 0.25) is 0 Å². The van der Waals surface area contributed by atoms with E-state index in [1.165, 1.54) is 7.11 Å². The molecule has 7 nitrogen and oxygen atoms in total. The Morgan fingerprint density at radius 1 is 1.45 bits per heavy atom. The molecule has 8 heteroatoms. The molecule has 1 heterocycles. The Bertz CT molecular complexity index is 520. The van der Waals surface area contributed by atoms with E-state index in [1.54, 1.807) is 0 Å². The number of halogens is 1. The molecule has 0 spiro atoms. The molecule has 1 rings (SSSR count). The first kappa shape index (κ1) is 15.5. The molecule has 20 heavy (non-hydrogen) atoms. The van der Waals surface area contributed by atoms with E-state index >= 15 is 0 Å². The molecule has 0 saturated heterocycles. The lowest BCUT2D eigenvalue weighted by atomic mass is 10.1. The molecule has 1 aromatic rings. The highest BCUT2D eigenvalue weighted by molar-refractivity contribution is 5.96. The number of hydrogen-bond donors (Lipinski definition) is 2. The third-order valence-electron chi connectivity index (χ3n) is 2.44. The fourth-order valence-electron chi connectivity index (χ4n) is 1.40. The molecule has 0 radical (unpaired) electrons. The van der Waals surface area contributed by atoms with Gasteiger partial charge in [-0.3, -0.25) is 14.6 Å². The fraction of sp³-hybridized carbons (Fsp3) is 0.333. The predicted molar refractivity (Wildman–Crippen MR) is 64.3 cm³/mol. The van der Waals surface area contributed by atoms with Gasteiger partial charge in [-0.25, -0.2) is 9.18 Å². The van der Waals surface area contributed by atoms with Crippen molar-refractivity contribution >= 4 is 17.8 Å². The van der Waals surface area contributed by atoms with Crippen LogP contribution in [0.4, 0.5) is 4.39 Å². The lowest BCUT2D eigenvalue weighted by Crippen LogP contribution is -2.41. The summed E-state index contributed by atoms with van der Waals surface area (Å²) in [5, 5.41) is 11.1. The van der Waals surface area contributed by atoms with Crippen molar-refractivity contribution in [2.75, 3.05) is 7.11 Å². The maximum Gasteiger partial charge on any atom is 0.326 e. The third kappa shape index (κ3) is 4.63. The first-order chi connectivity index (χ1) is 9.43. The SMILES string of the molecule is COC(=O)CC[C@H](NC(=O)c1cncc(F)c1)C(=O)O. The molecule has 0 aliphatic heterocycles. The third-order valence-corrected chi connectivity index (χ3v) is 2.44. The monoisotopic (exact) mass is 284 g/mol. The van der Waals surface area contributed by atoms with Crippen LogP contribution in [0.25, 0.3) is 0 Å². The minimum Gasteiger partial charge on any atom is -0.480 e. The number of nitrogens with one attached hydrogen (secondary N) is 1. The highest BCUT2D eigenvalue weighted by atomic mass is 19.1. The number of rotatable bonds is 6. The van der Waals surface area contributed by atoms with Crippen LogP contribution in [0.3, 0.4) is 0 Å². The largest absolute Gasteiger partial charge is 0.480 e. The first-order valence-corrected chi connectivity index (χ1v) is 5.65. The number of aromatic nitrogens is 1. The second-order valence-electron chi connectivity index (χ2n) is 3.87. The fourth-order valence-corrected chi connectivity index (χ4v) is 1.40. The first-order valence-electron chi connectivity index (χ1n) is 5.65. The summed E-state index contributed by atoms with van der Waals surface area (Å²) in [4.78, 5) is 37.1. The van der Waals surface area contributed by atoms with Crippen LogP contribution >= 0.6 is 0 Å². The number of carboxylic acid groups (broad SMARTS) is 1. The zero-order valence-corrected chi connectivity index (χ0v) is 10.6. The average Bonchev–Trinajstić information content (AvgIpc) is 2.42. The van der Waals surface area contributed by atoms with Crippen molar-refractivity contribution in [1.82, 2.24) is 10.3 Å². The summed E-state index contributed by atoms with van der Waals surface area (Å²) >= 11 is 0. The molecule has 0 saturated carbocycles. The standard InChI is InChI=1S/C12H13FN2O5/c1-20-10(16)3-2-9(12(18)19)15-11(17)7-4-8(13)6-14-5-7/h4-6,9H,2-3H2,1H3,(H,15,17)(H,18,19)/t9-/m0/s1. The Labute approximate surface area is 113 Å². The molecular formula is C12H13FN2O5. The summed E-state index contributed by atoms with van der Waals surface area (Å²) in [6.07, 6.45) is 1.74. The van der Waals surface area contributed by atoms with Crippen LogP contribution in [0.2, 0.25) is 0 Å². The number of nitrogens with zero attached hydrogens (tertiary/aromatic N) is 1. The molecule has 0 fully saturated rings. The number of amides is 1. The normalized spacial score (nSPS) is 11.5. The van der Waals surface area contributed by atoms with Gasteiger partial charge in [0.1, 0.15) is 11.9 Å². The Balaban J connectivity index is 2.68. The minimum atomic E-state index is -1.30. The number of aliphatic carboxylic acids is 1. The van der Waals surface area contributed by atoms with Gasteiger partial charge in [0.25, 0.3) is 5.91 Å². The highest BCUT2D eigenvalue weighted by Crippen LogP contribution is 2.04. The predicted octanol–water partition coefficient (Wildman–Crippen LogP) is 0.357. The molecule has 1 atom stereocenters. The number of carbonyl (C=O) groups excluding carboxylic acids is 2. The van der Waals surface area contributed by atoms with Crippen LogP contribution in [0.1, 0.15) is 23.2 Å². The van der Waals surface area contributed by atoms with Gasteiger partial charge in [-0.1, -0.05) is 0 Å². The van der Waals surface area contributed by atoms with Crippen LogP contribution in [-0.4, -0.2) is 41.1 Å². The lowest BCUT2D eigenvalue weighted by Gasteiger charge is -2.13. The number of ether oxygens (including phenoxy) is 1. The van der Waals surface area contributed by atoms with E-state index in [-0.39, 0.29) is 18.4 Å². The number of carbonyl (C=O) groups is 3. The average molecular weight is 284 g/mol. The van der Waals surface area contributed by atoms with Gasteiger partial charge in [0, 0.05) is 12.6 Å². The van der Waals surface area contributed by atoms with Crippen molar-refractivity contribution in [2.24, 2.45) is 0 Å². The maximum atomic E-state index is 12.9. The summed E-state index contributed by atoms with van der Waals surface area (Å²) in [5.41, 5.74) is -0.102. The number of pyridine rings is 1.